The Balaban J connectivity index is 2.54. The lowest BCUT2D eigenvalue weighted by Gasteiger charge is -2.03. The van der Waals surface area contributed by atoms with Gasteiger partial charge in [0.2, 0.25) is 0 Å². The zero-order chi connectivity index (χ0) is 9.97. The van der Waals surface area contributed by atoms with Gasteiger partial charge in [-0.25, -0.2) is 9.37 Å². The largest absolute Gasteiger partial charge is 0.297 e. The van der Waals surface area contributed by atoms with Crippen LogP contribution in [0.15, 0.2) is 36.7 Å². The van der Waals surface area contributed by atoms with Crippen LogP contribution < -0.4 is 0 Å². The molecule has 2 aromatic rings. The zero-order valence-corrected chi connectivity index (χ0v) is 7.22. The van der Waals surface area contributed by atoms with Gasteiger partial charge in [-0.3, -0.25) is 9.36 Å². The highest BCUT2D eigenvalue weighted by molar-refractivity contribution is 5.70. The van der Waals surface area contributed by atoms with E-state index < -0.39 is 0 Å². The molecule has 0 aliphatic heterocycles. The maximum Gasteiger partial charge on any atom is 0.185 e. The highest BCUT2D eigenvalue weighted by atomic mass is 19.1. The third-order valence-corrected chi connectivity index (χ3v) is 1.86. The molecule has 1 aromatic carbocycles. The lowest BCUT2D eigenvalue weighted by Crippen LogP contribution is -1.98. The monoisotopic (exact) mass is 190 g/mol. The van der Waals surface area contributed by atoms with E-state index in [2.05, 4.69) is 4.98 Å². The molecule has 1 aromatic heterocycles. The summed E-state index contributed by atoms with van der Waals surface area (Å²) in [4.78, 5) is 14.4. The van der Waals surface area contributed by atoms with Crippen LogP contribution in [-0.4, -0.2) is 15.8 Å². The number of aromatic nitrogens is 2. The van der Waals surface area contributed by atoms with Crippen LogP contribution in [0.4, 0.5) is 4.39 Å². The van der Waals surface area contributed by atoms with Crippen molar-refractivity contribution >= 4 is 6.29 Å². The molecule has 0 unspecified atom stereocenters. The second-order valence-electron chi connectivity index (χ2n) is 2.75. The molecule has 0 spiro atoms. The summed E-state index contributed by atoms with van der Waals surface area (Å²) in [5, 5.41) is 0. The number of rotatable bonds is 2. The van der Waals surface area contributed by atoms with Gasteiger partial charge in [-0.05, 0) is 18.2 Å². The molecule has 14 heavy (non-hydrogen) atoms. The van der Waals surface area contributed by atoms with Gasteiger partial charge in [0.25, 0.3) is 0 Å². The van der Waals surface area contributed by atoms with Crippen molar-refractivity contribution < 1.29 is 9.18 Å². The third-order valence-electron chi connectivity index (χ3n) is 1.86. The highest BCUT2D eigenvalue weighted by Gasteiger charge is 2.03. The molecule has 0 aliphatic carbocycles. The molecule has 0 fully saturated rings. The summed E-state index contributed by atoms with van der Waals surface area (Å²) in [5.41, 5.74) is 0.588. The van der Waals surface area contributed by atoms with Crippen LogP contribution in [0.1, 0.15) is 10.6 Å². The maximum atomic E-state index is 12.9. The van der Waals surface area contributed by atoms with E-state index in [1.165, 1.54) is 22.9 Å². The second-order valence-corrected chi connectivity index (χ2v) is 2.75. The van der Waals surface area contributed by atoms with Crippen molar-refractivity contribution in [2.75, 3.05) is 0 Å². The normalized spacial score (nSPS) is 10.1. The zero-order valence-electron chi connectivity index (χ0n) is 7.22. The third kappa shape index (κ3) is 1.42. The van der Waals surface area contributed by atoms with E-state index in [4.69, 9.17) is 0 Å². The smallest absolute Gasteiger partial charge is 0.185 e. The minimum Gasteiger partial charge on any atom is -0.297 e. The molecule has 0 atom stereocenters. The van der Waals surface area contributed by atoms with Gasteiger partial charge in [0.05, 0.1) is 5.69 Å². The van der Waals surface area contributed by atoms with E-state index in [9.17, 15) is 9.18 Å². The summed E-state index contributed by atoms with van der Waals surface area (Å²) >= 11 is 0. The van der Waals surface area contributed by atoms with E-state index in [1.54, 1.807) is 18.3 Å². The van der Waals surface area contributed by atoms with Gasteiger partial charge in [0.15, 0.2) is 12.1 Å². The molecular weight excluding hydrogens is 183 g/mol. The van der Waals surface area contributed by atoms with Crippen LogP contribution in [0.3, 0.4) is 0 Å². The van der Waals surface area contributed by atoms with E-state index in [-0.39, 0.29) is 11.6 Å². The number of halogens is 1. The maximum absolute atomic E-state index is 12.9. The molecule has 0 radical (unpaired) electrons. The molecule has 0 N–H and O–H groups in total. The summed E-state index contributed by atoms with van der Waals surface area (Å²) in [6.07, 6.45) is 3.73. The average Bonchev–Trinajstić information content (AvgIpc) is 2.65. The predicted molar refractivity (Wildman–Crippen MR) is 48.9 cm³/mol. The Morgan fingerprint density at radius 1 is 1.43 bits per heavy atom. The minimum absolute atomic E-state index is 0.260. The van der Waals surface area contributed by atoms with E-state index >= 15 is 0 Å². The SMILES string of the molecule is O=Cc1nccn1-c1cccc(F)c1. The van der Waals surface area contributed by atoms with Crippen LogP contribution in [0.5, 0.6) is 0 Å². The van der Waals surface area contributed by atoms with E-state index in [1.807, 2.05) is 0 Å². The lowest BCUT2D eigenvalue weighted by atomic mass is 10.3. The van der Waals surface area contributed by atoms with Crippen molar-refractivity contribution in [2.45, 2.75) is 0 Å². The highest BCUT2D eigenvalue weighted by Crippen LogP contribution is 2.10. The number of benzene rings is 1. The first-order chi connectivity index (χ1) is 6.81. The molecule has 3 nitrogen and oxygen atoms in total. The van der Waals surface area contributed by atoms with Crippen LogP contribution in [0.25, 0.3) is 5.69 Å². The summed E-state index contributed by atoms with van der Waals surface area (Å²) < 4.78 is 14.4. The Labute approximate surface area is 79.8 Å². The first kappa shape index (κ1) is 8.62. The summed E-state index contributed by atoms with van der Waals surface area (Å²) in [6, 6.07) is 5.98. The number of hydrogen-bond acceptors (Lipinski definition) is 2. The minimum atomic E-state index is -0.340. The summed E-state index contributed by atoms with van der Waals surface area (Å²) in [5.74, 6) is -0.0800. The van der Waals surface area contributed by atoms with Gasteiger partial charge in [-0.1, -0.05) is 6.07 Å². The quantitative estimate of drug-likeness (QED) is 0.677. The Hall–Kier alpha value is -1.97. The van der Waals surface area contributed by atoms with Crippen molar-refractivity contribution in [3.63, 3.8) is 0 Å². The molecular formula is C10H7FN2O. The fraction of sp³-hybridized carbons (Fsp3) is 0. The first-order valence-corrected chi connectivity index (χ1v) is 4.06. The Kier molecular flexibility index (Phi) is 2.10. The van der Waals surface area contributed by atoms with Gasteiger partial charge in [-0.2, -0.15) is 0 Å². The molecule has 0 saturated heterocycles. The van der Waals surface area contributed by atoms with Crippen LogP contribution in [0, 0.1) is 5.82 Å². The van der Waals surface area contributed by atoms with Crippen molar-refractivity contribution in [2.24, 2.45) is 0 Å². The molecule has 70 valence electrons. The fourth-order valence-electron chi connectivity index (χ4n) is 1.25. The first-order valence-electron chi connectivity index (χ1n) is 4.06. The van der Waals surface area contributed by atoms with E-state index in [0.29, 0.717) is 12.0 Å². The van der Waals surface area contributed by atoms with Crippen molar-refractivity contribution in [3.05, 3.63) is 48.3 Å². The standard InChI is InChI=1S/C10H7FN2O/c11-8-2-1-3-9(6-8)13-5-4-12-10(13)7-14/h1-7H. The molecule has 4 heteroatoms. The number of carbonyl (C=O) groups is 1. The summed E-state index contributed by atoms with van der Waals surface area (Å²) in [6.45, 7) is 0. The number of imidazole rings is 1. The number of aldehydes is 1. The number of carbonyl (C=O) groups excluding carboxylic acids is 1. The van der Waals surface area contributed by atoms with Crippen molar-refractivity contribution in [1.82, 2.24) is 9.55 Å². The molecule has 1 heterocycles. The van der Waals surface area contributed by atoms with Gasteiger partial charge in [0.1, 0.15) is 5.82 Å². The average molecular weight is 190 g/mol. The predicted octanol–water partition coefficient (Wildman–Crippen LogP) is 1.82. The van der Waals surface area contributed by atoms with Crippen LogP contribution in [-0.2, 0) is 0 Å². The van der Waals surface area contributed by atoms with Crippen molar-refractivity contribution in [3.8, 4) is 5.69 Å². The molecule has 0 saturated carbocycles. The Morgan fingerprint density at radius 3 is 3.00 bits per heavy atom. The van der Waals surface area contributed by atoms with Gasteiger partial charge in [0, 0.05) is 12.4 Å². The Bertz CT molecular complexity index is 465. The van der Waals surface area contributed by atoms with Gasteiger partial charge >= 0.3 is 0 Å². The number of nitrogens with zero attached hydrogens (tertiary/aromatic N) is 2. The molecule has 0 bridgehead atoms. The Morgan fingerprint density at radius 2 is 2.29 bits per heavy atom. The van der Waals surface area contributed by atoms with Crippen molar-refractivity contribution in [1.29, 1.82) is 0 Å². The van der Waals surface area contributed by atoms with Gasteiger partial charge in [-0.15, -0.1) is 0 Å². The fourth-order valence-corrected chi connectivity index (χ4v) is 1.25. The molecule has 0 aliphatic rings. The van der Waals surface area contributed by atoms with Crippen LogP contribution >= 0.6 is 0 Å². The molecule has 0 amide bonds. The topological polar surface area (TPSA) is 34.9 Å². The molecule has 2 rings (SSSR count). The summed E-state index contributed by atoms with van der Waals surface area (Å²) in [7, 11) is 0. The second kappa shape index (κ2) is 3.41. The van der Waals surface area contributed by atoms with Crippen LogP contribution in [0.2, 0.25) is 0 Å². The van der Waals surface area contributed by atoms with E-state index in [0.717, 1.165) is 0 Å². The van der Waals surface area contributed by atoms with Gasteiger partial charge < -0.3 is 0 Å². The lowest BCUT2D eigenvalue weighted by molar-refractivity contribution is 0.111. The number of hydrogen-bond donors (Lipinski definition) is 0.